The van der Waals surface area contributed by atoms with Gasteiger partial charge in [0.2, 0.25) is 5.95 Å². The highest BCUT2D eigenvalue weighted by molar-refractivity contribution is 7.07. The summed E-state index contributed by atoms with van der Waals surface area (Å²) in [5.74, 6) is 0.896. The molecule has 1 spiro atoms. The lowest BCUT2D eigenvalue weighted by Crippen LogP contribution is -2.44. The van der Waals surface area contributed by atoms with Crippen molar-refractivity contribution < 1.29 is 4.79 Å². The summed E-state index contributed by atoms with van der Waals surface area (Å²) < 4.78 is 0. The van der Waals surface area contributed by atoms with Gasteiger partial charge in [-0.2, -0.15) is 0 Å². The maximum atomic E-state index is 12.4. The molecule has 6 nitrogen and oxygen atoms in total. The van der Waals surface area contributed by atoms with Gasteiger partial charge in [-0.3, -0.25) is 4.79 Å². The number of likely N-dealkylation sites (tertiary alicyclic amines) is 1. The number of thiazole rings is 1. The Hall–Kier alpha value is -2.02. The van der Waals surface area contributed by atoms with Crippen molar-refractivity contribution >= 4 is 23.2 Å². The Morgan fingerprint density at radius 2 is 1.83 bits per heavy atom. The number of rotatable bonds is 2. The molecule has 0 aromatic carbocycles. The van der Waals surface area contributed by atoms with Gasteiger partial charge in [-0.1, -0.05) is 0 Å². The molecule has 2 aliphatic rings. The zero-order valence-corrected chi connectivity index (χ0v) is 13.7. The van der Waals surface area contributed by atoms with Gasteiger partial charge in [-0.05, 0) is 30.7 Å². The minimum absolute atomic E-state index is 0.0716. The highest BCUT2D eigenvalue weighted by Crippen LogP contribution is 2.41. The van der Waals surface area contributed by atoms with E-state index in [1.165, 1.54) is 11.3 Å². The Kier molecular flexibility index (Phi) is 3.72. The third-order valence-corrected chi connectivity index (χ3v) is 5.62. The monoisotopic (exact) mass is 329 g/mol. The van der Waals surface area contributed by atoms with Gasteiger partial charge in [0.1, 0.15) is 5.69 Å². The number of carbonyl (C=O) groups is 1. The average molecular weight is 329 g/mol. The molecular weight excluding hydrogens is 310 g/mol. The van der Waals surface area contributed by atoms with Crippen LogP contribution in [0.3, 0.4) is 0 Å². The number of piperidine rings is 1. The van der Waals surface area contributed by atoms with Crippen molar-refractivity contribution in [2.75, 3.05) is 31.1 Å². The molecule has 0 aliphatic carbocycles. The maximum Gasteiger partial charge on any atom is 0.273 e. The lowest BCUT2D eigenvalue weighted by molar-refractivity contribution is 0.0605. The van der Waals surface area contributed by atoms with E-state index in [0.717, 1.165) is 51.4 Å². The van der Waals surface area contributed by atoms with E-state index >= 15 is 0 Å². The number of amides is 1. The number of nitrogens with zero attached hydrogens (tertiary/aromatic N) is 5. The lowest BCUT2D eigenvalue weighted by Gasteiger charge is -2.39. The van der Waals surface area contributed by atoms with Crippen molar-refractivity contribution in [3.8, 4) is 0 Å². The number of aromatic nitrogens is 3. The van der Waals surface area contributed by atoms with Crippen LogP contribution in [0.4, 0.5) is 5.95 Å². The molecule has 1 amide bonds. The van der Waals surface area contributed by atoms with Crippen LogP contribution in [0, 0.1) is 5.41 Å². The zero-order valence-electron chi connectivity index (χ0n) is 12.9. The van der Waals surface area contributed by atoms with Crippen LogP contribution in [0.25, 0.3) is 0 Å². The quantitative estimate of drug-likeness (QED) is 0.844. The van der Waals surface area contributed by atoms with E-state index in [2.05, 4.69) is 19.9 Å². The number of carbonyl (C=O) groups excluding carboxylic acids is 1. The summed E-state index contributed by atoms with van der Waals surface area (Å²) in [5.41, 5.74) is 2.60. The van der Waals surface area contributed by atoms with Crippen LogP contribution in [-0.4, -0.2) is 51.9 Å². The fourth-order valence-corrected chi connectivity index (χ4v) is 4.16. The molecule has 2 aliphatic heterocycles. The second-order valence-electron chi connectivity index (χ2n) is 6.39. The first-order valence-electron chi connectivity index (χ1n) is 7.95. The largest absolute Gasteiger partial charge is 0.340 e. The summed E-state index contributed by atoms with van der Waals surface area (Å²) in [4.78, 5) is 29.5. The molecule has 4 rings (SSSR count). The van der Waals surface area contributed by atoms with Crippen molar-refractivity contribution in [3.05, 3.63) is 35.0 Å². The number of hydrogen-bond donors (Lipinski definition) is 0. The van der Waals surface area contributed by atoms with E-state index in [9.17, 15) is 4.79 Å². The Labute approximate surface area is 139 Å². The van der Waals surface area contributed by atoms with E-state index in [1.54, 1.807) is 17.9 Å². The van der Waals surface area contributed by atoms with Gasteiger partial charge in [0.15, 0.2) is 0 Å². The number of anilines is 1. The van der Waals surface area contributed by atoms with Crippen LogP contribution in [0.15, 0.2) is 29.4 Å². The first-order chi connectivity index (χ1) is 11.3. The SMILES string of the molecule is O=C(c1cscn1)N1CCC2(CC1)CCN(c1ncccn1)C2. The van der Waals surface area contributed by atoms with Gasteiger partial charge in [0.25, 0.3) is 5.91 Å². The van der Waals surface area contributed by atoms with E-state index in [-0.39, 0.29) is 5.91 Å². The molecule has 0 radical (unpaired) electrons. The van der Waals surface area contributed by atoms with Crippen LogP contribution >= 0.6 is 11.3 Å². The Morgan fingerprint density at radius 3 is 2.52 bits per heavy atom. The smallest absolute Gasteiger partial charge is 0.273 e. The Morgan fingerprint density at radius 1 is 1.09 bits per heavy atom. The van der Waals surface area contributed by atoms with Crippen LogP contribution in [0.2, 0.25) is 0 Å². The Bertz CT molecular complexity index is 667. The van der Waals surface area contributed by atoms with Gasteiger partial charge >= 0.3 is 0 Å². The van der Waals surface area contributed by atoms with Gasteiger partial charge in [-0.15, -0.1) is 11.3 Å². The fourth-order valence-electron chi connectivity index (χ4n) is 3.63. The second-order valence-corrected chi connectivity index (χ2v) is 7.10. The van der Waals surface area contributed by atoms with E-state index in [4.69, 9.17) is 0 Å². The van der Waals surface area contributed by atoms with Crippen LogP contribution in [-0.2, 0) is 0 Å². The van der Waals surface area contributed by atoms with Crippen LogP contribution in [0.1, 0.15) is 29.8 Å². The highest BCUT2D eigenvalue weighted by Gasteiger charge is 2.42. The summed E-state index contributed by atoms with van der Waals surface area (Å²) in [7, 11) is 0. The molecule has 2 fully saturated rings. The highest BCUT2D eigenvalue weighted by atomic mass is 32.1. The minimum atomic E-state index is 0.0716. The van der Waals surface area contributed by atoms with Crippen molar-refractivity contribution in [1.82, 2.24) is 19.9 Å². The first kappa shape index (κ1) is 14.6. The van der Waals surface area contributed by atoms with Crippen molar-refractivity contribution in [2.24, 2.45) is 5.41 Å². The van der Waals surface area contributed by atoms with Gasteiger partial charge in [-0.25, -0.2) is 15.0 Å². The second kappa shape index (κ2) is 5.88. The van der Waals surface area contributed by atoms with Gasteiger partial charge in [0, 0.05) is 44.0 Å². The van der Waals surface area contributed by atoms with Crippen LogP contribution in [0.5, 0.6) is 0 Å². The standard InChI is InChI=1S/C16H19N5OS/c22-14(13-10-23-12-19-13)20-7-2-16(3-8-20)4-9-21(11-16)15-17-5-1-6-18-15/h1,5-6,10,12H,2-4,7-9,11H2. The van der Waals surface area contributed by atoms with Gasteiger partial charge < -0.3 is 9.80 Å². The molecule has 0 unspecified atom stereocenters. The summed E-state index contributed by atoms with van der Waals surface area (Å²) >= 11 is 1.47. The van der Waals surface area contributed by atoms with E-state index in [1.807, 2.05) is 16.3 Å². The molecule has 2 aromatic rings. The van der Waals surface area contributed by atoms with Crippen molar-refractivity contribution in [2.45, 2.75) is 19.3 Å². The maximum absolute atomic E-state index is 12.4. The predicted molar refractivity (Wildman–Crippen MR) is 88.5 cm³/mol. The topological polar surface area (TPSA) is 62.2 Å². The minimum Gasteiger partial charge on any atom is -0.340 e. The molecule has 2 aromatic heterocycles. The molecule has 4 heterocycles. The molecule has 120 valence electrons. The van der Waals surface area contributed by atoms with E-state index < -0.39 is 0 Å². The molecule has 0 saturated carbocycles. The fraction of sp³-hybridized carbons (Fsp3) is 0.500. The summed E-state index contributed by atoms with van der Waals surface area (Å²) in [6, 6.07) is 1.85. The molecule has 0 atom stereocenters. The normalized spacial score (nSPS) is 20.2. The lowest BCUT2D eigenvalue weighted by atomic mass is 9.78. The molecule has 7 heteroatoms. The van der Waals surface area contributed by atoms with E-state index in [0.29, 0.717) is 11.1 Å². The Balaban J connectivity index is 1.39. The summed E-state index contributed by atoms with van der Waals surface area (Å²) in [5, 5.41) is 1.83. The third kappa shape index (κ3) is 2.81. The zero-order chi connectivity index (χ0) is 15.7. The van der Waals surface area contributed by atoms with Crippen LogP contribution < -0.4 is 4.90 Å². The van der Waals surface area contributed by atoms with Gasteiger partial charge in [0.05, 0.1) is 5.51 Å². The van der Waals surface area contributed by atoms with Crippen molar-refractivity contribution in [3.63, 3.8) is 0 Å². The summed E-state index contributed by atoms with van der Waals surface area (Å²) in [6.45, 7) is 3.64. The first-order valence-corrected chi connectivity index (χ1v) is 8.90. The third-order valence-electron chi connectivity index (χ3n) is 5.04. The molecule has 23 heavy (non-hydrogen) atoms. The number of hydrogen-bond acceptors (Lipinski definition) is 6. The predicted octanol–water partition coefficient (Wildman–Crippen LogP) is 2.07. The molecule has 2 saturated heterocycles. The summed E-state index contributed by atoms with van der Waals surface area (Å²) in [6.07, 6.45) is 6.84. The average Bonchev–Trinajstić information content (AvgIpc) is 3.26. The molecular formula is C16H19N5OS. The molecule has 0 bridgehead atoms. The van der Waals surface area contributed by atoms with Crippen molar-refractivity contribution in [1.29, 1.82) is 0 Å². The molecule has 0 N–H and O–H groups in total.